The van der Waals surface area contributed by atoms with Crippen LogP contribution < -0.4 is 0 Å². The molecule has 0 radical (unpaired) electrons. The van der Waals surface area contributed by atoms with Gasteiger partial charge in [-0.15, -0.1) is 0 Å². The van der Waals surface area contributed by atoms with Crippen molar-refractivity contribution in [2.45, 2.75) is 135 Å². The van der Waals surface area contributed by atoms with Crippen molar-refractivity contribution in [2.75, 3.05) is 0 Å². The van der Waals surface area contributed by atoms with Crippen molar-refractivity contribution in [1.82, 2.24) is 0 Å². The SMILES string of the molecule is CCCCCCCCCC(CCCCC)O[Si]1(C)CCCCC1. The zero-order chi connectivity index (χ0) is 16.8. The number of hydrogen-bond acceptors (Lipinski definition) is 1. The summed E-state index contributed by atoms with van der Waals surface area (Å²) in [5, 5.41) is 0. The first-order chi connectivity index (χ1) is 11.2. The van der Waals surface area contributed by atoms with Gasteiger partial charge in [-0.05, 0) is 31.5 Å². The second-order valence-corrected chi connectivity index (χ2v) is 12.3. The molecule has 0 aromatic heterocycles. The monoisotopic (exact) mass is 340 g/mol. The first kappa shape index (κ1) is 21.2. The molecule has 0 spiro atoms. The number of hydrogen-bond donors (Lipinski definition) is 0. The second kappa shape index (κ2) is 13.5. The molecule has 138 valence electrons. The molecular weight excluding hydrogens is 296 g/mol. The Labute approximate surface area is 148 Å². The Bertz CT molecular complexity index is 261. The third-order valence-corrected chi connectivity index (χ3v) is 9.35. The van der Waals surface area contributed by atoms with E-state index < -0.39 is 8.32 Å². The minimum Gasteiger partial charge on any atom is -0.414 e. The van der Waals surface area contributed by atoms with Crippen LogP contribution in [0.4, 0.5) is 0 Å². The van der Waals surface area contributed by atoms with Crippen molar-refractivity contribution in [3.05, 3.63) is 0 Å². The lowest BCUT2D eigenvalue weighted by Gasteiger charge is -2.35. The highest BCUT2D eigenvalue weighted by Crippen LogP contribution is 2.32. The summed E-state index contributed by atoms with van der Waals surface area (Å²) in [7, 11) is -1.35. The Balaban J connectivity index is 2.24. The topological polar surface area (TPSA) is 9.23 Å². The molecule has 0 aliphatic carbocycles. The van der Waals surface area contributed by atoms with Crippen molar-refractivity contribution >= 4 is 8.32 Å². The van der Waals surface area contributed by atoms with Gasteiger partial charge in [-0.2, -0.15) is 0 Å². The van der Waals surface area contributed by atoms with Gasteiger partial charge >= 0.3 is 0 Å². The lowest BCUT2D eigenvalue weighted by Crippen LogP contribution is -2.40. The smallest absolute Gasteiger partial charge is 0.190 e. The molecule has 1 aliphatic heterocycles. The lowest BCUT2D eigenvalue weighted by molar-refractivity contribution is 0.158. The summed E-state index contributed by atoms with van der Waals surface area (Å²) in [4.78, 5) is 0. The zero-order valence-corrected chi connectivity index (χ0v) is 17.5. The van der Waals surface area contributed by atoms with Crippen LogP contribution in [-0.2, 0) is 4.43 Å². The van der Waals surface area contributed by atoms with Crippen molar-refractivity contribution < 1.29 is 4.43 Å². The third kappa shape index (κ3) is 10.6. The molecule has 2 heteroatoms. The van der Waals surface area contributed by atoms with Crippen LogP contribution in [0.2, 0.25) is 18.6 Å². The Morgan fingerprint density at radius 2 is 1.17 bits per heavy atom. The van der Waals surface area contributed by atoms with Crippen molar-refractivity contribution in [3.8, 4) is 0 Å². The molecular formula is C21H44OSi. The largest absolute Gasteiger partial charge is 0.414 e. The third-order valence-electron chi connectivity index (χ3n) is 5.62. The Morgan fingerprint density at radius 1 is 0.696 bits per heavy atom. The van der Waals surface area contributed by atoms with Crippen LogP contribution in [0, 0.1) is 0 Å². The van der Waals surface area contributed by atoms with E-state index in [4.69, 9.17) is 4.43 Å². The van der Waals surface area contributed by atoms with E-state index in [-0.39, 0.29) is 0 Å². The summed E-state index contributed by atoms with van der Waals surface area (Å²) < 4.78 is 6.81. The molecule has 1 atom stereocenters. The molecule has 1 aliphatic rings. The lowest BCUT2D eigenvalue weighted by atomic mass is 10.0. The molecule has 1 unspecified atom stereocenters. The highest BCUT2D eigenvalue weighted by atomic mass is 28.4. The fraction of sp³-hybridized carbons (Fsp3) is 1.00. The van der Waals surface area contributed by atoms with Crippen LogP contribution in [0.15, 0.2) is 0 Å². The van der Waals surface area contributed by atoms with Gasteiger partial charge in [-0.3, -0.25) is 0 Å². The van der Waals surface area contributed by atoms with E-state index in [1.807, 2.05) is 0 Å². The molecule has 0 aromatic rings. The molecule has 23 heavy (non-hydrogen) atoms. The molecule has 0 saturated carbocycles. The normalized spacial score (nSPS) is 18.9. The predicted molar refractivity (Wildman–Crippen MR) is 107 cm³/mol. The van der Waals surface area contributed by atoms with Gasteiger partial charge in [0.2, 0.25) is 0 Å². The van der Waals surface area contributed by atoms with Crippen LogP contribution in [0.5, 0.6) is 0 Å². The van der Waals surface area contributed by atoms with Crippen molar-refractivity contribution in [2.24, 2.45) is 0 Å². The summed E-state index contributed by atoms with van der Waals surface area (Å²) in [6, 6.07) is 2.85. The van der Waals surface area contributed by atoms with E-state index >= 15 is 0 Å². The van der Waals surface area contributed by atoms with Crippen LogP contribution in [0.1, 0.15) is 110 Å². The van der Waals surface area contributed by atoms with Gasteiger partial charge in [0, 0.05) is 6.10 Å². The molecule has 1 nitrogen and oxygen atoms in total. The first-order valence-electron chi connectivity index (χ1n) is 10.9. The summed E-state index contributed by atoms with van der Waals surface area (Å²) in [6.45, 7) is 7.13. The number of rotatable bonds is 14. The van der Waals surface area contributed by atoms with E-state index in [0.29, 0.717) is 6.10 Å². The highest BCUT2D eigenvalue weighted by molar-refractivity contribution is 6.72. The standard InChI is InChI=1S/C21H44OSi/c1-4-6-8-9-10-11-14-18-21(17-13-7-5-2)22-23(3)19-15-12-16-20-23/h21H,4-20H2,1-3H3. The molecule has 0 amide bonds. The Hall–Kier alpha value is 0.177. The van der Waals surface area contributed by atoms with E-state index in [1.54, 1.807) is 0 Å². The molecule has 0 N–H and O–H groups in total. The van der Waals surface area contributed by atoms with E-state index in [1.165, 1.54) is 108 Å². The van der Waals surface area contributed by atoms with Gasteiger partial charge in [0.05, 0.1) is 0 Å². The Kier molecular flexibility index (Phi) is 12.4. The summed E-state index contributed by atoms with van der Waals surface area (Å²) in [5.41, 5.74) is 0. The van der Waals surface area contributed by atoms with Crippen molar-refractivity contribution in [3.63, 3.8) is 0 Å². The molecule has 1 heterocycles. The number of unbranched alkanes of at least 4 members (excludes halogenated alkanes) is 8. The summed E-state index contributed by atoms with van der Waals surface area (Å²) >= 11 is 0. The maximum absolute atomic E-state index is 6.81. The molecule has 0 bridgehead atoms. The fourth-order valence-corrected chi connectivity index (χ4v) is 7.56. The molecule has 0 aromatic carbocycles. The Morgan fingerprint density at radius 3 is 1.78 bits per heavy atom. The quantitative estimate of drug-likeness (QED) is 0.231. The van der Waals surface area contributed by atoms with Crippen LogP contribution in [0.25, 0.3) is 0 Å². The predicted octanol–water partition coefficient (Wildman–Crippen LogP) is 7.85. The maximum Gasteiger partial charge on any atom is 0.190 e. The first-order valence-corrected chi connectivity index (χ1v) is 13.7. The van der Waals surface area contributed by atoms with Gasteiger partial charge in [0.1, 0.15) is 0 Å². The van der Waals surface area contributed by atoms with Crippen LogP contribution >= 0.6 is 0 Å². The van der Waals surface area contributed by atoms with Gasteiger partial charge < -0.3 is 4.43 Å². The van der Waals surface area contributed by atoms with Gasteiger partial charge in [0.25, 0.3) is 0 Å². The van der Waals surface area contributed by atoms with E-state index in [0.717, 1.165) is 0 Å². The van der Waals surface area contributed by atoms with Crippen LogP contribution in [-0.4, -0.2) is 14.4 Å². The average Bonchev–Trinajstić information content (AvgIpc) is 2.54. The second-order valence-electron chi connectivity index (χ2n) is 8.16. The summed E-state index contributed by atoms with van der Waals surface area (Å²) in [5.74, 6) is 0. The highest BCUT2D eigenvalue weighted by Gasteiger charge is 2.33. The van der Waals surface area contributed by atoms with E-state index in [2.05, 4.69) is 20.4 Å². The molecule has 1 rings (SSSR count). The fourth-order valence-electron chi connectivity index (χ4n) is 4.03. The van der Waals surface area contributed by atoms with Gasteiger partial charge in [-0.1, -0.05) is 97.3 Å². The van der Waals surface area contributed by atoms with Crippen molar-refractivity contribution in [1.29, 1.82) is 0 Å². The average molecular weight is 341 g/mol. The van der Waals surface area contributed by atoms with E-state index in [9.17, 15) is 0 Å². The zero-order valence-electron chi connectivity index (χ0n) is 16.5. The minimum atomic E-state index is -1.35. The van der Waals surface area contributed by atoms with Gasteiger partial charge in [-0.25, -0.2) is 0 Å². The molecule has 1 fully saturated rings. The minimum absolute atomic E-state index is 0.590. The summed E-state index contributed by atoms with van der Waals surface area (Å²) in [6.07, 6.45) is 21.6. The molecule has 1 saturated heterocycles. The maximum atomic E-state index is 6.81. The van der Waals surface area contributed by atoms with Gasteiger partial charge in [0.15, 0.2) is 8.32 Å². The van der Waals surface area contributed by atoms with Crippen LogP contribution in [0.3, 0.4) is 0 Å².